The molecule has 0 spiro atoms. The number of hydrogen-bond donors (Lipinski definition) is 1. The van der Waals surface area contributed by atoms with E-state index >= 15 is 0 Å². The molecule has 1 aliphatic heterocycles. The predicted molar refractivity (Wildman–Crippen MR) is 110 cm³/mol. The summed E-state index contributed by atoms with van der Waals surface area (Å²) in [5, 5.41) is 2.18. The highest BCUT2D eigenvalue weighted by molar-refractivity contribution is 7.09. The Bertz CT molecular complexity index is 700. The van der Waals surface area contributed by atoms with Crippen molar-refractivity contribution in [3.8, 4) is 0 Å². The molecule has 156 valence electrons. The van der Waals surface area contributed by atoms with Gasteiger partial charge in [0.25, 0.3) is 0 Å². The lowest BCUT2D eigenvalue weighted by atomic mass is 9.92. The summed E-state index contributed by atoms with van der Waals surface area (Å²) in [5.41, 5.74) is 4.64. The summed E-state index contributed by atoms with van der Waals surface area (Å²) in [5.74, 6) is 1.17. The average molecular weight is 416 g/mol. The molecule has 0 aliphatic carbocycles. The largest absolute Gasteiger partial charge is 0.673 e. The van der Waals surface area contributed by atoms with Crippen LogP contribution in [0.25, 0.3) is 0 Å². The van der Waals surface area contributed by atoms with Gasteiger partial charge in [-0.1, -0.05) is 52.0 Å². The van der Waals surface area contributed by atoms with Gasteiger partial charge in [-0.05, 0) is 23.3 Å². The Balaban J connectivity index is 0.000000500. The van der Waals surface area contributed by atoms with Crippen molar-refractivity contribution in [2.75, 3.05) is 19.8 Å². The molecule has 1 atom stereocenters. The van der Waals surface area contributed by atoms with Gasteiger partial charge in [-0.25, -0.2) is 4.90 Å². The van der Waals surface area contributed by atoms with Gasteiger partial charge in [0.05, 0.1) is 13.1 Å². The zero-order valence-electron chi connectivity index (χ0n) is 16.9. The van der Waals surface area contributed by atoms with Crippen molar-refractivity contribution in [3.05, 3.63) is 51.7 Å². The molecule has 2 aromatic rings. The zero-order valence-corrected chi connectivity index (χ0v) is 17.7. The van der Waals surface area contributed by atoms with Gasteiger partial charge < -0.3 is 17.3 Å². The van der Waals surface area contributed by atoms with E-state index in [0.29, 0.717) is 11.8 Å². The highest BCUT2D eigenvalue weighted by Crippen LogP contribution is 2.30. The summed E-state index contributed by atoms with van der Waals surface area (Å²) < 4.78 is 39.0. The molecule has 0 saturated carbocycles. The molecule has 1 N–H and O–H groups in total. The first kappa shape index (κ1) is 22.9. The van der Waals surface area contributed by atoms with E-state index < -0.39 is 7.25 Å². The van der Waals surface area contributed by atoms with E-state index in [0.717, 1.165) is 13.2 Å². The van der Waals surface area contributed by atoms with E-state index in [-0.39, 0.29) is 0 Å². The van der Waals surface area contributed by atoms with Crippen molar-refractivity contribution >= 4 is 24.3 Å². The number of rotatable bonds is 5. The van der Waals surface area contributed by atoms with Crippen LogP contribution in [0.1, 0.15) is 55.5 Å². The van der Waals surface area contributed by atoms with Crippen molar-refractivity contribution in [1.82, 2.24) is 4.90 Å². The molecule has 1 aliphatic rings. The minimum atomic E-state index is -6.00. The molecular weight excluding hydrogens is 387 g/mol. The maximum absolute atomic E-state index is 9.75. The highest BCUT2D eigenvalue weighted by atomic mass is 32.1. The second-order valence-corrected chi connectivity index (χ2v) is 8.79. The third kappa shape index (κ3) is 6.90. The Labute approximate surface area is 169 Å². The van der Waals surface area contributed by atoms with Crippen LogP contribution in [0.15, 0.2) is 35.7 Å². The summed E-state index contributed by atoms with van der Waals surface area (Å²) in [6.45, 7) is 13.9. The summed E-state index contributed by atoms with van der Waals surface area (Å²) in [6.07, 6.45) is 0. The van der Waals surface area contributed by atoms with Crippen molar-refractivity contribution in [2.24, 2.45) is 0 Å². The summed E-state index contributed by atoms with van der Waals surface area (Å²) >= 11 is 1.87. The van der Waals surface area contributed by atoms with E-state index in [1.54, 1.807) is 10.6 Å². The molecule has 2 nitrogen and oxygen atoms in total. The van der Waals surface area contributed by atoms with Gasteiger partial charge in [0.2, 0.25) is 0 Å². The normalized spacial score (nSPS) is 17.9. The van der Waals surface area contributed by atoms with Crippen LogP contribution in [-0.4, -0.2) is 31.9 Å². The van der Waals surface area contributed by atoms with Crippen LogP contribution in [0.5, 0.6) is 0 Å². The molecule has 1 saturated heterocycles. The molecule has 28 heavy (non-hydrogen) atoms. The fourth-order valence-electron chi connectivity index (χ4n) is 3.64. The molecule has 3 rings (SSSR count). The molecule has 1 aromatic heterocycles. The third-order valence-electron chi connectivity index (χ3n) is 4.83. The Hall–Kier alpha value is -1.38. The molecule has 1 unspecified atom stereocenters. The first-order chi connectivity index (χ1) is 13.1. The lowest BCUT2D eigenvalue weighted by molar-refractivity contribution is -0.824. The SMILES string of the molecule is CC(C)c1cccc(C(C)C)c1[NH+]1CCN(Cc2cccs2)C1.F[B-](F)(F)F. The minimum absolute atomic E-state index is 0.586. The number of hydrogen-bond acceptors (Lipinski definition) is 2. The number of nitrogens with zero attached hydrogens (tertiary/aromatic N) is 1. The second-order valence-electron chi connectivity index (χ2n) is 7.76. The lowest BCUT2D eigenvalue weighted by Gasteiger charge is -2.23. The average Bonchev–Trinajstić information content (AvgIpc) is 3.24. The Morgan fingerprint density at radius 2 is 1.57 bits per heavy atom. The van der Waals surface area contributed by atoms with Crippen LogP contribution in [0, 0.1) is 0 Å². The molecule has 2 heterocycles. The van der Waals surface area contributed by atoms with Gasteiger partial charge in [0.15, 0.2) is 0 Å². The van der Waals surface area contributed by atoms with Crippen molar-refractivity contribution in [3.63, 3.8) is 0 Å². The van der Waals surface area contributed by atoms with E-state index in [1.807, 2.05) is 11.3 Å². The quantitative estimate of drug-likeness (QED) is 0.515. The van der Waals surface area contributed by atoms with Gasteiger partial charge in [-0.15, -0.1) is 11.3 Å². The van der Waals surface area contributed by atoms with Gasteiger partial charge in [0.1, 0.15) is 12.4 Å². The van der Waals surface area contributed by atoms with Gasteiger partial charge in [-0.3, -0.25) is 4.90 Å². The molecule has 0 radical (unpaired) electrons. The first-order valence-corrected chi connectivity index (χ1v) is 10.5. The number of thiophene rings is 1. The maximum atomic E-state index is 9.75. The van der Waals surface area contributed by atoms with Crippen LogP contribution in [0.3, 0.4) is 0 Å². The standard InChI is InChI=1S/C20H28N2S.BF4/c1-15(2)18-8-5-9-19(16(3)4)20(18)22-11-10-21(14-22)13-17-7-6-12-23-17;2-1(3,4)5/h5-9,12,15-16H,10-11,13-14H2,1-4H3;/q;-1/p+1. The second kappa shape index (κ2) is 9.90. The van der Waals surface area contributed by atoms with E-state index in [2.05, 4.69) is 68.3 Å². The number of benzene rings is 1. The highest BCUT2D eigenvalue weighted by Gasteiger charge is 2.30. The predicted octanol–water partition coefficient (Wildman–Crippen LogP) is 5.28. The minimum Gasteiger partial charge on any atom is -0.418 e. The Morgan fingerprint density at radius 3 is 2.04 bits per heavy atom. The van der Waals surface area contributed by atoms with Crippen LogP contribution < -0.4 is 4.90 Å². The number of quaternary nitrogens is 1. The monoisotopic (exact) mass is 416 g/mol. The number of nitrogens with one attached hydrogen (secondary N) is 1. The smallest absolute Gasteiger partial charge is 0.418 e. The van der Waals surface area contributed by atoms with Gasteiger partial charge in [0, 0.05) is 22.5 Å². The maximum Gasteiger partial charge on any atom is 0.673 e. The van der Waals surface area contributed by atoms with Crippen molar-refractivity contribution in [2.45, 2.75) is 46.1 Å². The molecule has 0 amide bonds. The number of para-hydroxylation sites is 1. The molecule has 1 fully saturated rings. The zero-order chi connectivity index (χ0) is 20.9. The molecule has 0 bridgehead atoms. The van der Waals surface area contributed by atoms with Crippen LogP contribution in [-0.2, 0) is 6.54 Å². The summed E-state index contributed by atoms with van der Waals surface area (Å²) in [7, 11) is -6.00. The van der Waals surface area contributed by atoms with Crippen LogP contribution in [0.4, 0.5) is 23.0 Å². The number of halogens is 4. The fourth-order valence-corrected chi connectivity index (χ4v) is 4.39. The molecule has 8 heteroatoms. The molecule has 1 aromatic carbocycles. The first-order valence-electron chi connectivity index (χ1n) is 9.66. The fraction of sp³-hybridized carbons (Fsp3) is 0.500. The summed E-state index contributed by atoms with van der Waals surface area (Å²) in [4.78, 5) is 5.73. The Kier molecular flexibility index (Phi) is 8.10. The topological polar surface area (TPSA) is 7.68 Å². The van der Waals surface area contributed by atoms with E-state index in [1.165, 1.54) is 29.1 Å². The Morgan fingerprint density at radius 1 is 1.00 bits per heavy atom. The van der Waals surface area contributed by atoms with E-state index in [4.69, 9.17) is 0 Å². The lowest BCUT2D eigenvalue weighted by Crippen LogP contribution is -3.06. The van der Waals surface area contributed by atoms with Crippen molar-refractivity contribution < 1.29 is 22.2 Å². The van der Waals surface area contributed by atoms with Crippen LogP contribution in [0.2, 0.25) is 0 Å². The van der Waals surface area contributed by atoms with Crippen LogP contribution >= 0.6 is 11.3 Å². The summed E-state index contributed by atoms with van der Waals surface area (Å²) in [6, 6.07) is 11.3. The van der Waals surface area contributed by atoms with Gasteiger partial charge >= 0.3 is 7.25 Å². The van der Waals surface area contributed by atoms with E-state index in [9.17, 15) is 17.3 Å². The third-order valence-corrected chi connectivity index (χ3v) is 5.69. The van der Waals surface area contributed by atoms with Crippen molar-refractivity contribution in [1.29, 1.82) is 0 Å². The van der Waals surface area contributed by atoms with Gasteiger partial charge in [-0.2, -0.15) is 0 Å². The molecular formula is C20H29BF4N2S.